The second-order valence-corrected chi connectivity index (χ2v) is 7.77. The van der Waals surface area contributed by atoms with E-state index in [1.807, 2.05) is 31.4 Å². The van der Waals surface area contributed by atoms with Gasteiger partial charge in [-0.2, -0.15) is 0 Å². The van der Waals surface area contributed by atoms with Gasteiger partial charge >= 0.3 is 6.36 Å². The first-order chi connectivity index (χ1) is 15.6. The van der Waals surface area contributed by atoms with Crippen LogP contribution in [0.5, 0.6) is 5.75 Å². The van der Waals surface area contributed by atoms with Gasteiger partial charge in [0.15, 0.2) is 0 Å². The second kappa shape index (κ2) is 8.72. The smallest absolute Gasteiger partial charge is 0.406 e. The lowest BCUT2D eigenvalue weighted by molar-refractivity contribution is -0.274. The zero-order chi connectivity index (χ0) is 23.8. The number of halogens is 3. The topological polar surface area (TPSA) is 76.4 Å². The number of alkyl halides is 3. The Balaban J connectivity index is 1.43. The summed E-state index contributed by atoms with van der Waals surface area (Å²) in [7, 11) is 0. The van der Waals surface area contributed by atoms with E-state index >= 15 is 0 Å². The fourth-order valence-electron chi connectivity index (χ4n) is 3.67. The summed E-state index contributed by atoms with van der Waals surface area (Å²) >= 11 is 0. The van der Waals surface area contributed by atoms with Crippen LogP contribution in [0, 0.1) is 20.8 Å². The van der Waals surface area contributed by atoms with Crippen LogP contribution >= 0.6 is 0 Å². The summed E-state index contributed by atoms with van der Waals surface area (Å²) in [5, 5.41) is 0. The van der Waals surface area contributed by atoms with E-state index in [-0.39, 0.29) is 11.7 Å². The van der Waals surface area contributed by atoms with Gasteiger partial charge < -0.3 is 14.5 Å². The quantitative estimate of drug-likeness (QED) is 0.594. The molecule has 0 atom stereocenters. The molecule has 1 saturated heterocycles. The third kappa shape index (κ3) is 5.07. The first-order valence-corrected chi connectivity index (χ1v) is 10.4. The Morgan fingerprint density at radius 1 is 0.970 bits per heavy atom. The highest BCUT2D eigenvalue weighted by Crippen LogP contribution is 2.24. The number of carbonyl (C=O) groups excluding carboxylic acids is 1. The number of amides is 1. The third-order valence-corrected chi connectivity index (χ3v) is 5.54. The van der Waals surface area contributed by atoms with E-state index in [0.717, 1.165) is 35.2 Å². The maximum Gasteiger partial charge on any atom is 0.573 e. The van der Waals surface area contributed by atoms with Crippen LogP contribution in [-0.2, 0) is 0 Å². The summed E-state index contributed by atoms with van der Waals surface area (Å²) in [4.78, 5) is 30.0. The first kappa shape index (κ1) is 22.6. The summed E-state index contributed by atoms with van der Waals surface area (Å²) in [6, 6.07) is 6.86. The molecule has 0 bridgehead atoms. The summed E-state index contributed by atoms with van der Waals surface area (Å²) < 4.78 is 42.7. The van der Waals surface area contributed by atoms with E-state index in [1.165, 1.54) is 12.1 Å². The van der Waals surface area contributed by atoms with Crippen molar-refractivity contribution in [1.29, 1.82) is 0 Å². The first-order valence-electron chi connectivity index (χ1n) is 10.4. The molecule has 0 N–H and O–H groups in total. The number of hydrogen-bond acceptors (Lipinski definition) is 6. The highest BCUT2D eigenvalue weighted by molar-refractivity contribution is 5.94. The molecule has 2 aromatic heterocycles. The Morgan fingerprint density at radius 3 is 2.18 bits per heavy atom. The maximum absolute atomic E-state index is 12.8. The monoisotopic (exact) mass is 460 g/mol. The molecule has 33 heavy (non-hydrogen) atoms. The second-order valence-electron chi connectivity index (χ2n) is 7.77. The number of imidazole rings is 1. The van der Waals surface area contributed by atoms with Gasteiger partial charge in [0.2, 0.25) is 0 Å². The van der Waals surface area contributed by atoms with Crippen LogP contribution in [0.2, 0.25) is 0 Å². The van der Waals surface area contributed by atoms with E-state index in [0.29, 0.717) is 37.6 Å². The zero-order valence-electron chi connectivity index (χ0n) is 18.4. The van der Waals surface area contributed by atoms with E-state index in [1.54, 1.807) is 11.2 Å². The van der Waals surface area contributed by atoms with Gasteiger partial charge in [-0.3, -0.25) is 9.36 Å². The molecule has 1 aliphatic heterocycles. The molecule has 8 nitrogen and oxygen atoms in total. The van der Waals surface area contributed by atoms with Crippen molar-refractivity contribution in [3.63, 3.8) is 0 Å². The molecule has 0 spiro atoms. The lowest BCUT2D eigenvalue weighted by Crippen LogP contribution is -2.49. The van der Waals surface area contributed by atoms with Gasteiger partial charge in [0.05, 0.1) is 5.69 Å². The van der Waals surface area contributed by atoms with Crippen LogP contribution in [0.15, 0.2) is 36.7 Å². The van der Waals surface area contributed by atoms with E-state index in [2.05, 4.69) is 24.6 Å². The van der Waals surface area contributed by atoms with E-state index in [9.17, 15) is 18.0 Å². The van der Waals surface area contributed by atoms with Crippen molar-refractivity contribution >= 4 is 11.7 Å². The summed E-state index contributed by atoms with van der Waals surface area (Å²) in [5.41, 5.74) is 2.24. The molecule has 0 saturated carbocycles. The average Bonchev–Trinajstić information content (AvgIpc) is 3.11. The molecule has 1 aliphatic rings. The van der Waals surface area contributed by atoms with Gasteiger partial charge in [0.1, 0.15) is 29.5 Å². The molecule has 174 valence electrons. The fraction of sp³-hybridized carbons (Fsp3) is 0.364. The number of carbonyl (C=O) groups is 1. The van der Waals surface area contributed by atoms with Crippen molar-refractivity contribution in [3.8, 4) is 11.6 Å². The highest BCUT2D eigenvalue weighted by atomic mass is 19.4. The van der Waals surface area contributed by atoms with Crippen molar-refractivity contribution in [2.45, 2.75) is 27.1 Å². The van der Waals surface area contributed by atoms with Crippen molar-refractivity contribution in [3.05, 3.63) is 59.4 Å². The van der Waals surface area contributed by atoms with Gasteiger partial charge in [0.25, 0.3) is 5.91 Å². The molecule has 3 heterocycles. The minimum Gasteiger partial charge on any atom is -0.406 e. The Labute approximate surface area is 188 Å². The Kier molecular flexibility index (Phi) is 5.96. The molecule has 0 unspecified atom stereocenters. The predicted molar refractivity (Wildman–Crippen MR) is 115 cm³/mol. The molecule has 0 radical (unpaired) electrons. The van der Waals surface area contributed by atoms with Gasteiger partial charge in [0, 0.05) is 43.5 Å². The minimum atomic E-state index is -4.77. The van der Waals surface area contributed by atoms with Gasteiger partial charge in [-0.1, -0.05) is 0 Å². The number of ether oxygens (including phenoxy) is 1. The number of aryl methyl sites for hydroxylation is 2. The average molecular weight is 460 g/mol. The lowest BCUT2D eigenvalue weighted by Gasteiger charge is -2.35. The third-order valence-electron chi connectivity index (χ3n) is 5.54. The summed E-state index contributed by atoms with van der Waals surface area (Å²) in [6.07, 6.45) is -3.03. The number of anilines is 1. The number of aromatic nitrogens is 4. The molecule has 4 rings (SSSR count). The van der Waals surface area contributed by atoms with Crippen molar-refractivity contribution in [2.24, 2.45) is 0 Å². The summed E-state index contributed by atoms with van der Waals surface area (Å²) in [5.74, 6) is 1.53. The van der Waals surface area contributed by atoms with E-state index in [4.69, 9.17) is 0 Å². The maximum atomic E-state index is 12.8. The SMILES string of the molecule is Cc1nc(N2CCN(C(=O)c3ccc(OC(F)(F)F)cc3)CC2)cc(-n2cnc(C)c2C)n1. The minimum absolute atomic E-state index is 0.239. The van der Waals surface area contributed by atoms with Crippen molar-refractivity contribution < 1.29 is 22.7 Å². The van der Waals surface area contributed by atoms with Crippen LogP contribution in [0.1, 0.15) is 27.6 Å². The molecule has 3 aromatic rings. The Morgan fingerprint density at radius 2 is 1.61 bits per heavy atom. The van der Waals surface area contributed by atoms with Gasteiger partial charge in [-0.15, -0.1) is 13.2 Å². The molecule has 1 fully saturated rings. The molecular weight excluding hydrogens is 437 g/mol. The largest absolute Gasteiger partial charge is 0.573 e. The Bertz CT molecular complexity index is 1150. The number of piperazine rings is 1. The fourth-order valence-corrected chi connectivity index (χ4v) is 3.67. The molecule has 0 aliphatic carbocycles. The number of nitrogens with zero attached hydrogens (tertiary/aromatic N) is 6. The zero-order valence-corrected chi connectivity index (χ0v) is 18.4. The number of rotatable bonds is 4. The van der Waals surface area contributed by atoms with Crippen LogP contribution in [0.3, 0.4) is 0 Å². The molecule has 1 amide bonds. The predicted octanol–water partition coefficient (Wildman–Crippen LogP) is 3.45. The highest BCUT2D eigenvalue weighted by Gasteiger charge is 2.31. The van der Waals surface area contributed by atoms with E-state index < -0.39 is 6.36 Å². The van der Waals surface area contributed by atoms with Crippen LogP contribution in [0.4, 0.5) is 19.0 Å². The molecule has 11 heteroatoms. The normalized spacial score (nSPS) is 14.5. The molecule has 1 aromatic carbocycles. The number of hydrogen-bond donors (Lipinski definition) is 0. The van der Waals surface area contributed by atoms with Crippen molar-refractivity contribution in [2.75, 3.05) is 31.1 Å². The standard InChI is InChI=1S/C22H23F3N6O2/c1-14-15(2)31(13-26-14)20-12-19(27-16(3)28-20)29-8-10-30(11-9-29)21(32)17-4-6-18(7-5-17)33-22(23,24)25/h4-7,12-13H,8-11H2,1-3H3. The van der Waals surface area contributed by atoms with Crippen molar-refractivity contribution in [1.82, 2.24) is 24.4 Å². The molecular formula is C22H23F3N6O2. The van der Waals surface area contributed by atoms with Crippen LogP contribution in [0.25, 0.3) is 5.82 Å². The van der Waals surface area contributed by atoms with Gasteiger partial charge in [-0.05, 0) is 45.0 Å². The number of benzene rings is 1. The lowest BCUT2D eigenvalue weighted by atomic mass is 10.1. The van der Waals surface area contributed by atoms with Crippen LogP contribution < -0.4 is 9.64 Å². The summed E-state index contributed by atoms with van der Waals surface area (Å²) in [6.45, 7) is 7.80. The van der Waals surface area contributed by atoms with Gasteiger partial charge in [-0.25, -0.2) is 15.0 Å². The Hall–Kier alpha value is -3.63. The van der Waals surface area contributed by atoms with Crippen LogP contribution in [-0.4, -0.2) is 62.9 Å².